The highest BCUT2D eigenvalue weighted by atomic mass is 16.5. The fourth-order valence-electron chi connectivity index (χ4n) is 2.89. The molecule has 1 N–H and O–H groups in total. The van der Waals surface area contributed by atoms with Gasteiger partial charge in [0.15, 0.2) is 11.5 Å². The summed E-state index contributed by atoms with van der Waals surface area (Å²) < 4.78 is 13.3. The zero-order valence-corrected chi connectivity index (χ0v) is 16.9. The Morgan fingerprint density at radius 2 is 1.83 bits per heavy atom. The van der Waals surface area contributed by atoms with Gasteiger partial charge >= 0.3 is 0 Å². The van der Waals surface area contributed by atoms with Crippen molar-refractivity contribution in [1.82, 2.24) is 14.9 Å². The van der Waals surface area contributed by atoms with E-state index in [0.29, 0.717) is 36.8 Å². The molecule has 6 heteroatoms. The normalized spacial score (nSPS) is 10.6. The molecule has 152 valence electrons. The average Bonchev–Trinajstić information content (AvgIpc) is 3.25. The Bertz CT molecular complexity index is 906. The fourth-order valence-corrected chi connectivity index (χ4v) is 2.89. The van der Waals surface area contributed by atoms with Gasteiger partial charge < -0.3 is 19.4 Å². The van der Waals surface area contributed by atoms with Gasteiger partial charge in [-0.15, -0.1) is 0 Å². The van der Waals surface area contributed by atoms with E-state index in [1.165, 1.54) is 5.56 Å². The lowest BCUT2D eigenvalue weighted by molar-refractivity contribution is 0.0950. The predicted molar refractivity (Wildman–Crippen MR) is 112 cm³/mol. The van der Waals surface area contributed by atoms with Crippen molar-refractivity contribution in [2.24, 2.45) is 0 Å². The third-order valence-electron chi connectivity index (χ3n) is 4.37. The van der Waals surface area contributed by atoms with Crippen LogP contribution in [0.1, 0.15) is 41.8 Å². The van der Waals surface area contributed by atoms with Crippen molar-refractivity contribution in [3.8, 4) is 11.5 Å². The van der Waals surface area contributed by atoms with Gasteiger partial charge in [-0.25, -0.2) is 4.98 Å². The van der Waals surface area contributed by atoms with E-state index in [2.05, 4.69) is 22.4 Å². The van der Waals surface area contributed by atoms with Gasteiger partial charge in [0, 0.05) is 31.0 Å². The molecular formula is C23H27N3O3. The number of carbonyl (C=O) groups is 1. The molecule has 3 aromatic rings. The molecule has 0 atom stereocenters. The van der Waals surface area contributed by atoms with Crippen molar-refractivity contribution >= 4 is 5.91 Å². The van der Waals surface area contributed by atoms with E-state index in [4.69, 9.17) is 9.47 Å². The van der Waals surface area contributed by atoms with E-state index in [1.54, 1.807) is 30.7 Å². The maximum absolute atomic E-state index is 12.6. The summed E-state index contributed by atoms with van der Waals surface area (Å²) in [5, 5.41) is 2.96. The molecule has 0 unspecified atom stereocenters. The Morgan fingerprint density at radius 1 is 1.03 bits per heavy atom. The molecule has 6 nitrogen and oxygen atoms in total. The van der Waals surface area contributed by atoms with E-state index in [9.17, 15) is 4.79 Å². The topological polar surface area (TPSA) is 65.4 Å². The number of hydrogen-bond donors (Lipinski definition) is 1. The monoisotopic (exact) mass is 393 g/mol. The molecule has 0 saturated heterocycles. The Morgan fingerprint density at radius 3 is 2.52 bits per heavy atom. The number of nitrogens with one attached hydrogen (secondary N) is 1. The maximum atomic E-state index is 12.6. The number of rotatable bonds is 10. The van der Waals surface area contributed by atoms with Crippen LogP contribution in [0.4, 0.5) is 0 Å². The summed E-state index contributed by atoms with van der Waals surface area (Å²) in [6, 6.07) is 13.5. The molecule has 0 radical (unpaired) electrons. The van der Waals surface area contributed by atoms with Gasteiger partial charge in [-0.05, 0) is 42.7 Å². The van der Waals surface area contributed by atoms with E-state index >= 15 is 0 Å². The van der Waals surface area contributed by atoms with E-state index < -0.39 is 0 Å². The van der Waals surface area contributed by atoms with Crippen LogP contribution in [0.25, 0.3) is 0 Å². The lowest BCUT2D eigenvalue weighted by Gasteiger charge is -2.13. The molecule has 29 heavy (non-hydrogen) atoms. The Kier molecular flexibility index (Phi) is 7.28. The van der Waals surface area contributed by atoms with Crippen LogP contribution in [-0.2, 0) is 13.1 Å². The van der Waals surface area contributed by atoms with Gasteiger partial charge in [0.1, 0.15) is 0 Å². The number of imidazole rings is 1. The molecule has 0 aliphatic rings. The number of benzene rings is 2. The van der Waals surface area contributed by atoms with Gasteiger partial charge in [-0.2, -0.15) is 0 Å². The van der Waals surface area contributed by atoms with Crippen LogP contribution in [0.15, 0.2) is 61.2 Å². The van der Waals surface area contributed by atoms with Crippen LogP contribution in [-0.4, -0.2) is 28.7 Å². The molecule has 0 aliphatic heterocycles. The fraction of sp³-hybridized carbons (Fsp3) is 0.304. The Labute approximate surface area is 171 Å². The van der Waals surface area contributed by atoms with Crippen LogP contribution >= 0.6 is 0 Å². The molecule has 1 heterocycles. The molecule has 1 amide bonds. The maximum Gasteiger partial charge on any atom is 0.251 e. The largest absolute Gasteiger partial charge is 0.490 e. The summed E-state index contributed by atoms with van der Waals surface area (Å²) in [4.78, 5) is 16.6. The number of nitrogens with zero attached hydrogens (tertiary/aromatic N) is 2. The summed E-state index contributed by atoms with van der Waals surface area (Å²) in [7, 11) is 0. The highest BCUT2D eigenvalue weighted by molar-refractivity contribution is 5.94. The lowest BCUT2D eigenvalue weighted by atomic mass is 10.1. The first-order valence-electron chi connectivity index (χ1n) is 9.91. The number of hydrogen-bond acceptors (Lipinski definition) is 4. The summed E-state index contributed by atoms with van der Waals surface area (Å²) in [6.45, 7) is 6.32. The molecule has 3 rings (SSSR count). The van der Waals surface area contributed by atoms with Crippen LogP contribution in [0.2, 0.25) is 0 Å². The zero-order chi connectivity index (χ0) is 20.5. The second-order valence-electron chi connectivity index (χ2n) is 6.68. The van der Waals surface area contributed by atoms with Crippen molar-refractivity contribution in [2.75, 3.05) is 13.2 Å². The lowest BCUT2D eigenvalue weighted by Crippen LogP contribution is -2.22. The number of aromatic nitrogens is 2. The average molecular weight is 393 g/mol. The van der Waals surface area contributed by atoms with Crippen molar-refractivity contribution in [2.45, 2.75) is 33.4 Å². The predicted octanol–water partition coefficient (Wildman–Crippen LogP) is 4.05. The Hall–Kier alpha value is -3.28. The molecule has 2 aromatic carbocycles. The van der Waals surface area contributed by atoms with Crippen molar-refractivity contribution < 1.29 is 14.3 Å². The molecular weight excluding hydrogens is 366 g/mol. The first-order chi connectivity index (χ1) is 14.2. The first kappa shape index (κ1) is 20.5. The molecule has 0 fully saturated rings. The minimum absolute atomic E-state index is 0.143. The minimum atomic E-state index is -0.143. The second kappa shape index (κ2) is 10.3. The van der Waals surface area contributed by atoms with Crippen LogP contribution in [0, 0.1) is 0 Å². The SMILES string of the molecule is CCCOc1ccc(C(=O)NCc2ccc(Cn3ccnc3)cc2)cc1OCC. The van der Waals surface area contributed by atoms with Crippen molar-refractivity contribution in [3.63, 3.8) is 0 Å². The molecule has 0 aliphatic carbocycles. The van der Waals surface area contributed by atoms with Gasteiger partial charge in [-0.3, -0.25) is 4.79 Å². The van der Waals surface area contributed by atoms with Gasteiger partial charge in [-0.1, -0.05) is 31.2 Å². The molecule has 1 aromatic heterocycles. The quantitative estimate of drug-likeness (QED) is 0.564. The smallest absolute Gasteiger partial charge is 0.251 e. The minimum Gasteiger partial charge on any atom is -0.490 e. The van der Waals surface area contributed by atoms with E-state index in [1.807, 2.05) is 36.7 Å². The summed E-state index contributed by atoms with van der Waals surface area (Å²) >= 11 is 0. The standard InChI is InChI=1S/C23H27N3O3/c1-3-13-29-21-10-9-20(14-22(21)28-4-2)23(27)25-15-18-5-7-19(8-6-18)16-26-12-11-24-17-26/h5-12,14,17H,3-4,13,15-16H2,1-2H3,(H,25,27). The second-order valence-corrected chi connectivity index (χ2v) is 6.68. The summed E-state index contributed by atoms with van der Waals surface area (Å²) in [5.41, 5.74) is 2.77. The zero-order valence-electron chi connectivity index (χ0n) is 16.9. The third-order valence-corrected chi connectivity index (χ3v) is 4.37. The van der Waals surface area contributed by atoms with E-state index in [-0.39, 0.29) is 5.91 Å². The van der Waals surface area contributed by atoms with Crippen LogP contribution in [0.3, 0.4) is 0 Å². The Balaban J connectivity index is 1.59. The van der Waals surface area contributed by atoms with Crippen molar-refractivity contribution in [3.05, 3.63) is 77.9 Å². The summed E-state index contributed by atoms with van der Waals surface area (Å²) in [6.07, 6.45) is 6.41. The van der Waals surface area contributed by atoms with Crippen molar-refractivity contribution in [1.29, 1.82) is 0 Å². The highest BCUT2D eigenvalue weighted by Gasteiger charge is 2.11. The molecule has 0 spiro atoms. The van der Waals surface area contributed by atoms with Gasteiger partial charge in [0.05, 0.1) is 19.5 Å². The number of ether oxygens (including phenoxy) is 2. The van der Waals surface area contributed by atoms with Crippen LogP contribution in [0.5, 0.6) is 11.5 Å². The van der Waals surface area contributed by atoms with E-state index in [0.717, 1.165) is 18.5 Å². The van der Waals surface area contributed by atoms with Gasteiger partial charge in [0.25, 0.3) is 5.91 Å². The number of carbonyl (C=O) groups excluding carboxylic acids is 1. The van der Waals surface area contributed by atoms with Gasteiger partial charge in [0.2, 0.25) is 0 Å². The highest BCUT2D eigenvalue weighted by Crippen LogP contribution is 2.28. The third kappa shape index (κ3) is 5.85. The number of amides is 1. The molecule has 0 bridgehead atoms. The van der Waals surface area contributed by atoms with Crippen LogP contribution < -0.4 is 14.8 Å². The molecule has 0 saturated carbocycles. The summed E-state index contributed by atoms with van der Waals surface area (Å²) in [5.74, 6) is 1.12. The first-order valence-corrected chi connectivity index (χ1v) is 9.91.